The van der Waals surface area contributed by atoms with E-state index in [1.165, 1.54) is 12.8 Å². The zero-order chi connectivity index (χ0) is 15.7. The van der Waals surface area contributed by atoms with Crippen molar-refractivity contribution < 1.29 is 9.52 Å². The Hall–Kier alpha value is -0.980. The number of hydrogen-bond donors (Lipinski definition) is 1. The zero-order valence-electron chi connectivity index (χ0n) is 14.0. The Balaban J connectivity index is 1.43. The minimum Gasteiger partial charge on any atom is -0.424 e. The average Bonchev–Trinajstić information content (AvgIpc) is 3.21. The van der Waals surface area contributed by atoms with Crippen LogP contribution in [0.15, 0.2) is 4.42 Å². The van der Waals surface area contributed by atoms with Crippen molar-refractivity contribution in [2.24, 2.45) is 5.41 Å². The molecule has 1 aromatic rings. The predicted octanol–water partition coefficient (Wildman–Crippen LogP) is 1.47. The van der Waals surface area contributed by atoms with E-state index in [-0.39, 0.29) is 11.5 Å². The van der Waals surface area contributed by atoms with Gasteiger partial charge in [-0.15, -0.1) is 10.2 Å². The third-order valence-electron chi connectivity index (χ3n) is 4.66. The Morgan fingerprint density at radius 3 is 2.36 bits per heavy atom. The predicted molar refractivity (Wildman–Crippen MR) is 83.5 cm³/mol. The summed E-state index contributed by atoms with van der Waals surface area (Å²) in [4.78, 5) is 4.69. The lowest BCUT2D eigenvalue weighted by molar-refractivity contribution is 0.0116. The van der Waals surface area contributed by atoms with Gasteiger partial charge in [0.2, 0.25) is 11.8 Å². The molecule has 22 heavy (non-hydrogen) atoms. The molecule has 1 atom stereocenters. The summed E-state index contributed by atoms with van der Waals surface area (Å²) in [6.07, 6.45) is 2.10. The molecule has 1 N–H and O–H groups in total. The molecule has 0 unspecified atom stereocenters. The lowest BCUT2D eigenvalue weighted by atomic mass is 9.89. The second-order valence-electron chi connectivity index (χ2n) is 7.77. The van der Waals surface area contributed by atoms with E-state index in [1.807, 2.05) is 0 Å². The third-order valence-corrected chi connectivity index (χ3v) is 4.66. The van der Waals surface area contributed by atoms with Crippen LogP contribution in [0.2, 0.25) is 0 Å². The van der Waals surface area contributed by atoms with Crippen molar-refractivity contribution in [2.45, 2.75) is 52.2 Å². The number of aliphatic hydroxyl groups excluding tert-OH is 1. The summed E-state index contributed by atoms with van der Waals surface area (Å²) in [5, 5.41) is 18.5. The van der Waals surface area contributed by atoms with Crippen molar-refractivity contribution in [2.75, 3.05) is 32.7 Å². The molecular weight excluding hydrogens is 280 g/mol. The van der Waals surface area contributed by atoms with Crippen LogP contribution < -0.4 is 0 Å². The number of piperazine rings is 1. The lowest BCUT2D eigenvalue weighted by Crippen LogP contribution is -2.49. The van der Waals surface area contributed by atoms with Crippen LogP contribution >= 0.6 is 0 Å². The fourth-order valence-electron chi connectivity index (χ4n) is 2.67. The normalized spacial score (nSPS) is 22.9. The maximum Gasteiger partial charge on any atom is 0.230 e. The monoisotopic (exact) mass is 308 g/mol. The minimum absolute atomic E-state index is 0.0555. The molecule has 6 nitrogen and oxygen atoms in total. The van der Waals surface area contributed by atoms with Crippen LogP contribution in [-0.2, 0) is 6.54 Å². The van der Waals surface area contributed by atoms with Crippen LogP contribution in [0.3, 0.4) is 0 Å². The van der Waals surface area contributed by atoms with E-state index in [1.54, 1.807) is 0 Å². The second kappa shape index (κ2) is 6.26. The summed E-state index contributed by atoms with van der Waals surface area (Å²) in [5.74, 6) is 2.09. The van der Waals surface area contributed by atoms with Gasteiger partial charge in [0.25, 0.3) is 0 Å². The largest absolute Gasteiger partial charge is 0.424 e. The zero-order valence-corrected chi connectivity index (χ0v) is 14.0. The van der Waals surface area contributed by atoms with Gasteiger partial charge in [-0.05, 0) is 18.3 Å². The van der Waals surface area contributed by atoms with E-state index in [2.05, 4.69) is 40.8 Å². The molecule has 0 amide bonds. The molecule has 2 fully saturated rings. The van der Waals surface area contributed by atoms with Crippen LogP contribution in [0.25, 0.3) is 0 Å². The number of nitrogens with zero attached hydrogens (tertiary/aromatic N) is 4. The second-order valence-corrected chi connectivity index (χ2v) is 7.77. The third kappa shape index (κ3) is 4.06. The topological polar surface area (TPSA) is 65.6 Å². The highest BCUT2D eigenvalue weighted by atomic mass is 16.4. The summed E-state index contributed by atoms with van der Waals surface area (Å²) in [6, 6.07) is 0. The van der Waals surface area contributed by atoms with E-state index in [0.29, 0.717) is 5.92 Å². The SMILES string of the molecule is CC(C)(C)[C@H](O)CN1CCN(Cc2nnc(C3CC3)o2)CC1. The molecule has 0 radical (unpaired) electrons. The highest BCUT2D eigenvalue weighted by molar-refractivity contribution is 5.00. The van der Waals surface area contributed by atoms with Gasteiger partial charge >= 0.3 is 0 Å². The van der Waals surface area contributed by atoms with E-state index < -0.39 is 0 Å². The van der Waals surface area contributed by atoms with Crippen molar-refractivity contribution in [1.29, 1.82) is 0 Å². The number of rotatable bonds is 5. The van der Waals surface area contributed by atoms with Crippen molar-refractivity contribution >= 4 is 0 Å². The molecule has 1 aromatic heterocycles. The van der Waals surface area contributed by atoms with Crippen molar-refractivity contribution in [3.8, 4) is 0 Å². The van der Waals surface area contributed by atoms with Crippen LogP contribution in [0.1, 0.15) is 51.3 Å². The Bertz CT molecular complexity index is 485. The van der Waals surface area contributed by atoms with Gasteiger partial charge in [0.05, 0.1) is 12.6 Å². The molecule has 0 spiro atoms. The molecule has 6 heteroatoms. The van der Waals surface area contributed by atoms with Gasteiger partial charge in [-0.2, -0.15) is 0 Å². The summed E-state index contributed by atoms with van der Waals surface area (Å²) in [6.45, 7) is 11.7. The van der Waals surface area contributed by atoms with E-state index in [4.69, 9.17) is 4.42 Å². The summed E-state index contributed by atoms with van der Waals surface area (Å²) >= 11 is 0. The van der Waals surface area contributed by atoms with Gasteiger partial charge in [0, 0.05) is 38.6 Å². The smallest absolute Gasteiger partial charge is 0.230 e. The highest BCUT2D eigenvalue weighted by Gasteiger charge is 2.30. The first-order valence-electron chi connectivity index (χ1n) is 8.37. The van der Waals surface area contributed by atoms with E-state index >= 15 is 0 Å². The van der Waals surface area contributed by atoms with Gasteiger partial charge < -0.3 is 9.52 Å². The average molecular weight is 308 g/mol. The summed E-state index contributed by atoms with van der Waals surface area (Å²) in [5.41, 5.74) is -0.0555. The Morgan fingerprint density at radius 2 is 1.77 bits per heavy atom. The maximum absolute atomic E-state index is 10.2. The highest BCUT2D eigenvalue weighted by Crippen LogP contribution is 2.39. The van der Waals surface area contributed by atoms with Gasteiger partial charge in [0.1, 0.15) is 0 Å². The quantitative estimate of drug-likeness (QED) is 0.888. The molecule has 0 aromatic carbocycles. The van der Waals surface area contributed by atoms with Crippen molar-refractivity contribution in [3.05, 3.63) is 11.8 Å². The Morgan fingerprint density at radius 1 is 1.14 bits per heavy atom. The summed E-state index contributed by atoms with van der Waals surface area (Å²) in [7, 11) is 0. The maximum atomic E-state index is 10.2. The first kappa shape index (κ1) is 15.9. The van der Waals surface area contributed by atoms with Crippen molar-refractivity contribution in [1.82, 2.24) is 20.0 Å². The number of aliphatic hydroxyl groups is 1. The van der Waals surface area contributed by atoms with Crippen LogP contribution in [0.4, 0.5) is 0 Å². The van der Waals surface area contributed by atoms with Gasteiger partial charge in [0.15, 0.2) is 0 Å². The fraction of sp³-hybridized carbons (Fsp3) is 0.875. The summed E-state index contributed by atoms with van der Waals surface area (Å²) < 4.78 is 5.73. The fourth-order valence-corrected chi connectivity index (χ4v) is 2.67. The van der Waals surface area contributed by atoms with Crippen LogP contribution in [0.5, 0.6) is 0 Å². The molecule has 0 bridgehead atoms. The molecule has 124 valence electrons. The Labute approximate surface area is 132 Å². The lowest BCUT2D eigenvalue weighted by Gasteiger charge is -2.37. The first-order valence-corrected chi connectivity index (χ1v) is 8.37. The van der Waals surface area contributed by atoms with Crippen LogP contribution in [0, 0.1) is 5.41 Å². The molecule has 1 saturated carbocycles. The first-order chi connectivity index (χ1) is 10.4. The number of hydrogen-bond acceptors (Lipinski definition) is 6. The standard InChI is InChI=1S/C16H28N4O2/c1-16(2,3)13(21)10-19-6-8-20(9-7-19)11-14-17-18-15(22-14)12-4-5-12/h12-13,21H,4-11H2,1-3H3/t13-/m1/s1. The van der Waals surface area contributed by atoms with Crippen molar-refractivity contribution in [3.63, 3.8) is 0 Å². The van der Waals surface area contributed by atoms with Gasteiger partial charge in [-0.25, -0.2) is 0 Å². The molecular formula is C16H28N4O2. The Kier molecular flexibility index (Phi) is 4.52. The molecule has 1 aliphatic heterocycles. The van der Waals surface area contributed by atoms with Gasteiger partial charge in [-0.3, -0.25) is 9.80 Å². The number of β-amino-alcohol motifs (C(OH)–C–C–N with tert-alkyl or cyclic N) is 1. The van der Waals surface area contributed by atoms with Crippen LogP contribution in [-0.4, -0.2) is 63.9 Å². The molecule has 2 aliphatic rings. The molecule has 1 aliphatic carbocycles. The van der Waals surface area contributed by atoms with Gasteiger partial charge in [-0.1, -0.05) is 20.8 Å². The van der Waals surface area contributed by atoms with E-state index in [9.17, 15) is 5.11 Å². The van der Waals surface area contributed by atoms with E-state index in [0.717, 1.165) is 51.0 Å². The number of aromatic nitrogens is 2. The minimum atomic E-state index is -0.281. The molecule has 2 heterocycles. The molecule has 1 saturated heterocycles. The molecule has 3 rings (SSSR count).